The van der Waals surface area contributed by atoms with Crippen LogP contribution in [-0.4, -0.2) is 41.3 Å². The van der Waals surface area contributed by atoms with Crippen LogP contribution >= 0.6 is 12.2 Å². The Morgan fingerprint density at radius 3 is 2.67 bits per heavy atom. The van der Waals surface area contributed by atoms with Crippen LogP contribution in [0.3, 0.4) is 0 Å². The van der Waals surface area contributed by atoms with Crippen molar-refractivity contribution in [3.05, 3.63) is 35.4 Å². The predicted molar refractivity (Wildman–Crippen MR) is 84.8 cm³/mol. The van der Waals surface area contributed by atoms with Crippen LogP contribution in [0.2, 0.25) is 0 Å². The van der Waals surface area contributed by atoms with E-state index >= 15 is 0 Å². The SMILES string of the molecule is CN1CC(NC(=O)Cc2ccc(C(N)=S)cc2)CCC1=O. The van der Waals surface area contributed by atoms with E-state index in [1.807, 2.05) is 24.3 Å². The lowest BCUT2D eigenvalue weighted by atomic mass is 10.0. The van der Waals surface area contributed by atoms with Gasteiger partial charge in [0.25, 0.3) is 0 Å². The van der Waals surface area contributed by atoms with Crippen molar-refractivity contribution in [2.75, 3.05) is 13.6 Å². The quantitative estimate of drug-likeness (QED) is 0.799. The zero-order valence-electron chi connectivity index (χ0n) is 12.0. The van der Waals surface area contributed by atoms with Crippen molar-refractivity contribution >= 4 is 29.0 Å². The Morgan fingerprint density at radius 2 is 2.10 bits per heavy atom. The largest absolute Gasteiger partial charge is 0.389 e. The molecule has 1 heterocycles. The molecule has 0 radical (unpaired) electrons. The molecule has 5 nitrogen and oxygen atoms in total. The lowest BCUT2D eigenvalue weighted by molar-refractivity contribution is -0.133. The van der Waals surface area contributed by atoms with E-state index in [2.05, 4.69) is 5.32 Å². The van der Waals surface area contributed by atoms with Gasteiger partial charge in [-0.2, -0.15) is 0 Å². The second-order valence-corrected chi connectivity index (χ2v) is 5.76. The van der Waals surface area contributed by atoms with E-state index in [9.17, 15) is 9.59 Å². The zero-order chi connectivity index (χ0) is 15.4. The Bertz CT molecular complexity index is 557. The van der Waals surface area contributed by atoms with Gasteiger partial charge in [0.2, 0.25) is 11.8 Å². The number of nitrogens with one attached hydrogen (secondary N) is 1. The van der Waals surface area contributed by atoms with Gasteiger partial charge in [-0.05, 0) is 12.0 Å². The van der Waals surface area contributed by atoms with Crippen LogP contribution in [0.4, 0.5) is 0 Å². The fraction of sp³-hybridized carbons (Fsp3) is 0.400. The topological polar surface area (TPSA) is 75.4 Å². The molecule has 112 valence electrons. The average Bonchev–Trinajstić information content (AvgIpc) is 2.43. The van der Waals surface area contributed by atoms with Gasteiger partial charge >= 0.3 is 0 Å². The fourth-order valence-corrected chi connectivity index (χ4v) is 2.52. The minimum absolute atomic E-state index is 0.0363. The van der Waals surface area contributed by atoms with Gasteiger partial charge < -0.3 is 16.0 Å². The highest BCUT2D eigenvalue weighted by Crippen LogP contribution is 2.10. The lowest BCUT2D eigenvalue weighted by Gasteiger charge is -2.30. The number of carbonyl (C=O) groups is 2. The van der Waals surface area contributed by atoms with Gasteiger partial charge in [-0.1, -0.05) is 36.5 Å². The van der Waals surface area contributed by atoms with Crippen LogP contribution < -0.4 is 11.1 Å². The number of likely N-dealkylation sites (N-methyl/N-ethyl adjacent to an activating group) is 1. The predicted octanol–water partition coefficient (Wildman–Crippen LogP) is 0.600. The molecule has 0 bridgehead atoms. The first-order valence-electron chi connectivity index (χ1n) is 6.88. The number of nitrogens with two attached hydrogens (primary N) is 1. The van der Waals surface area contributed by atoms with Crippen LogP contribution in [0.5, 0.6) is 0 Å². The number of amides is 2. The molecule has 1 aromatic rings. The molecular weight excluding hydrogens is 286 g/mol. The average molecular weight is 305 g/mol. The second kappa shape index (κ2) is 6.67. The van der Waals surface area contributed by atoms with Crippen LogP contribution in [0.1, 0.15) is 24.0 Å². The van der Waals surface area contributed by atoms with E-state index in [0.29, 0.717) is 30.8 Å². The number of carbonyl (C=O) groups excluding carboxylic acids is 2. The van der Waals surface area contributed by atoms with Gasteiger partial charge in [0.1, 0.15) is 4.99 Å². The molecule has 3 N–H and O–H groups in total. The van der Waals surface area contributed by atoms with E-state index in [1.54, 1.807) is 11.9 Å². The van der Waals surface area contributed by atoms with Gasteiger partial charge in [0.05, 0.1) is 6.42 Å². The summed E-state index contributed by atoms with van der Waals surface area (Å²) in [6, 6.07) is 7.38. The molecule has 6 heteroatoms. The van der Waals surface area contributed by atoms with Crippen LogP contribution in [0.25, 0.3) is 0 Å². The summed E-state index contributed by atoms with van der Waals surface area (Å²) in [6.07, 6.45) is 1.51. The standard InChI is InChI=1S/C15H19N3O2S/c1-18-9-12(6-7-14(18)20)17-13(19)8-10-2-4-11(5-3-10)15(16)21/h2-5,12H,6-9H2,1H3,(H2,16,21)(H,17,19). The number of likely N-dealkylation sites (tertiary alicyclic amines) is 1. The number of hydrogen-bond donors (Lipinski definition) is 2. The minimum Gasteiger partial charge on any atom is -0.389 e. The molecule has 0 aromatic heterocycles. The van der Waals surface area contributed by atoms with Crippen molar-refractivity contribution in [1.82, 2.24) is 10.2 Å². The number of piperidine rings is 1. The van der Waals surface area contributed by atoms with Crippen molar-refractivity contribution in [3.63, 3.8) is 0 Å². The van der Waals surface area contributed by atoms with Crippen LogP contribution in [0.15, 0.2) is 24.3 Å². The van der Waals surface area contributed by atoms with Crippen LogP contribution in [-0.2, 0) is 16.0 Å². The van der Waals surface area contributed by atoms with Crippen molar-refractivity contribution in [2.45, 2.75) is 25.3 Å². The Kier molecular flexibility index (Phi) is 4.90. The smallest absolute Gasteiger partial charge is 0.224 e. The summed E-state index contributed by atoms with van der Waals surface area (Å²) in [7, 11) is 1.76. The zero-order valence-corrected chi connectivity index (χ0v) is 12.8. The third-order valence-corrected chi connectivity index (χ3v) is 3.83. The first-order valence-corrected chi connectivity index (χ1v) is 7.28. The summed E-state index contributed by atoms with van der Waals surface area (Å²) in [5.74, 6) is 0.0969. The molecule has 21 heavy (non-hydrogen) atoms. The highest BCUT2D eigenvalue weighted by molar-refractivity contribution is 7.80. The van der Waals surface area contributed by atoms with E-state index in [4.69, 9.17) is 18.0 Å². The number of nitrogens with zero attached hydrogens (tertiary/aromatic N) is 1. The first kappa shape index (κ1) is 15.4. The Labute approximate surface area is 129 Å². The van der Waals surface area contributed by atoms with E-state index < -0.39 is 0 Å². The molecule has 0 aliphatic carbocycles. The molecule has 1 aromatic carbocycles. The molecule has 1 fully saturated rings. The summed E-state index contributed by atoms with van der Waals surface area (Å²) < 4.78 is 0. The molecule has 1 unspecified atom stereocenters. The van der Waals surface area contributed by atoms with Gasteiger partial charge in [-0.15, -0.1) is 0 Å². The van der Waals surface area contributed by atoms with Crippen molar-refractivity contribution < 1.29 is 9.59 Å². The Morgan fingerprint density at radius 1 is 1.43 bits per heavy atom. The summed E-state index contributed by atoms with van der Waals surface area (Å²) in [5.41, 5.74) is 7.24. The van der Waals surface area contributed by atoms with E-state index in [1.165, 1.54) is 0 Å². The normalized spacial score (nSPS) is 18.4. The molecule has 0 saturated carbocycles. The summed E-state index contributed by atoms with van der Waals surface area (Å²) in [6.45, 7) is 0.574. The highest BCUT2D eigenvalue weighted by atomic mass is 32.1. The minimum atomic E-state index is -0.0363. The molecular formula is C15H19N3O2S. The number of benzene rings is 1. The van der Waals surface area contributed by atoms with Crippen molar-refractivity contribution in [2.24, 2.45) is 5.73 Å². The maximum atomic E-state index is 12.0. The van der Waals surface area contributed by atoms with Crippen molar-refractivity contribution in [1.29, 1.82) is 0 Å². The molecule has 1 saturated heterocycles. The van der Waals surface area contributed by atoms with Gasteiger partial charge in [-0.25, -0.2) is 0 Å². The lowest BCUT2D eigenvalue weighted by Crippen LogP contribution is -2.48. The summed E-state index contributed by atoms with van der Waals surface area (Å²) in [5, 5.41) is 2.97. The van der Waals surface area contributed by atoms with E-state index in [-0.39, 0.29) is 17.9 Å². The maximum Gasteiger partial charge on any atom is 0.224 e. The molecule has 0 spiro atoms. The second-order valence-electron chi connectivity index (χ2n) is 5.32. The molecule has 1 aliphatic heterocycles. The highest BCUT2D eigenvalue weighted by Gasteiger charge is 2.23. The van der Waals surface area contributed by atoms with Gasteiger partial charge in [0.15, 0.2) is 0 Å². The maximum absolute atomic E-state index is 12.0. The van der Waals surface area contributed by atoms with E-state index in [0.717, 1.165) is 11.1 Å². The molecule has 1 aliphatic rings. The monoisotopic (exact) mass is 305 g/mol. The molecule has 2 amide bonds. The van der Waals surface area contributed by atoms with Gasteiger partial charge in [-0.3, -0.25) is 9.59 Å². The number of hydrogen-bond acceptors (Lipinski definition) is 3. The third-order valence-electron chi connectivity index (χ3n) is 3.59. The van der Waals surface area contributed by atoms with Crippen molar-refractivity contribution in [3.8, 4) is 0 Å². The molecule has 1 atom stereocenters. The first-order chi connectivity index (χ1) is 9.95. The van der Waals surface area contributed by atoms with Crippen LogP contribution in [0, 0.1) is 0 Å². The van der Waals surface area contributed by atoms with Gasteiger partial charge in [0, 0.05) is 31.6 Å². The molecule has 2 rings (SSSR count). The Balaban J connectivity index is 1.87. The fourth-order valence-electron chi connectivity index (χ4n) is 2.38. The summed E-state index contributed by atoms with van der Waals surface area (Å²) in [4.78, 5) is 25.4. The summed E-state index contributed by atoms with van der Waals surface area (Å²) >= 11 is 4.89. The Hall–Kier alpha value is -1.95. The third kappa shape index (κ3) is 4.26. The number of thiocarbonyl (C=S) groups is 1. The number of rotatable bonds is 4.